The lowest BCUT2D eigenvalue weighted by molar-refractivity contribution is 0.321. The summed E-state index contributed by atoms with van der Waals surface area (Å²) < 4.78 is 0. The molecule has 1 aromatic rings. The predicted molar refractivity (Wildman–Crippen MR) is 66.8 cm³/mol. The third-order valence-electron chi connectivity index (χ3n) is 3.16. The van der Waals surface area contributed by atoms with Gasteiger partial charge in [0.15, 0.2) is 0 Å². The average molecular weight is 220 g/mol. The van der Waals surface area contributed by atoms with E-state index in [9.17, 15) is 0 Å². The second-order valence-electron chi connectivity index (χ2n) is 4.47. The third kappa shape index (κ3) is 2.62. The normalized spacial score (nSPS) is 15.6. The maximum Gasteiger partial charge on any atom is 0.133 e. The largest absolute Gasteiger partial charge is 0.370 e. The zero-order chi connectivity index (χ0) is 11.4. The van der Waals surface area contributed by atoms with Crippen LogP contribution in [0.3, 0.4) is 0 Å². The highest BCUT2D eigenvalue weighted by molar-refractivity contribution is 5.47. The lowest BCUT2D eigenvalue weighted by Gasteiger charge is -2.30. The molecule has 0 saturated heterocycles. The minimum atomic E-state index is 0.863. The fourth-order valence-electron chi connectivity index (χ4n) is 1.99. The van der Waals surface area contributed by atoms with E-state index in [2.05, 4.69) is 34.2 Å². The summed E-state index contributed by atoms with van der Waals surface area (Å²) in [5.74, 6) is 2.79. The molecule has 0 bridgehead atoms. The van der Waals surface area contributed by atoms with Gasteiger partial charge in [0.25, 0.3) is 0 Å². The number of hydrogen-bond donors (Lipinski definition) is 1. The smallest absolute Gasteiger partial charge is 0.133 e. The van der Waals surface area contributed by atoms with E-state index < -0.39 is 0 Å². The summed E-state index contributed by atoms with van der Waals surface area (Å²) in [6.45, 7) is 4.07. The SMILES string of the molecule is CCNc1cc(N(C)CC2CCC2)ncn1. The Labute approximate surface area is 97.1 Å². The van der Waals surface area contributed by atoms with Crippen molar-refractivity contribution in [3.05, 3.63) is 12.4 Å². The van der Waals surface area contributed by atoms with E-state index in [0.717, 1.165) is 30.6 Å². The van der Waals surface area contributed by atoms with Gasteiger partial charge < -0.3 is 10.2 Å². The fourth-order valence-corrected chi connectivity index (χ4v) is 1.99. The lowest BCUT2D eigenvalue weighted by atomic mass is 9.85. The van der Waals surface area contributed by atoms with Crippen molar-refractivity contribution in [3.8, 4) is 0 Å². The molecular weight excluding hydrogens is 200 g/mol. The van der Waals surface area contributed by atoms with Crippen LogP contribution < -0.4 is 10.2 Å². The molecule has 4 heteroatoms. The number of nitrogens with one attached hydrogen (secondary N) is 1. The van der Waals surface area contributed by atoms with Crippen LogP contribution in [0.4, 0.5) is 11.6 Å². The van der Waals surface area contributed by atoms with Gasteiger partial charge >= 0.3 is 0 Å². The summed E-state index contributed by atoms with van der Waals surface area (Å²) in [6.07, 6.45) is 5.76. The van der Waals surface area contributed by atoms with Gasteiger partial charge in [-0.1, -0.05) is 6.42 Å². The highest BCUT2D eigenvalue weighted by atomic mass is 15.2. The second-order valence-corrected chi connectivity index (χ2v) is 4.47. The van der Waals surface area contributed by atoms with Crippen LogP contribution in [0.1, 0.15) is 26.2 Å². The molecule has 1 aliphatic carbocycles. The maximum absolute atomic E-state index is 4.31. The molecule has 0 spiro atoms. The van der Waals surface area contributed by atoms with Crippen molar-refractivity contribution in [3.63, 3.8) is 0 Å². The summed E-state index contributed by atoms with van der Waals surface area (Å²) in [5.41, 5.74) is 0. The van der Waals surface area contributed by atoms with E-state index >= 15 is 0 Å². The van der Waals surface area contributed by atoms with E-state index in [1.165, 1.54) is 19.3 Å². The van der Waals surface area contributed by atoms with E-state index in [-0.39, 0.29) is 0 Å². The highest BCUT2D eigenvalue weighted by Gasteiger charge is 2.19. The molecule has 0 amide bonds. The van der Waals surface area contributed by atoms with Crippen LogP contribution in [0, 0.1) is 5.92 Å². The van der Waals surface area contributed by atoms with Gasteiger partial charge in [-0.3, -0.25) is 0 Å². The molecule has 88 valence electrons. The standard InChI is InChI=1S/C12H20N4/c1-3-13-11-7-12(15-9-14-11)16(2)8-10-5-4-6-10/h7,9-10H,3-6,8H2,1-2H3,(H,13,14,15). The molecule has 4 nitrogen and oxygen atoms in total. The van der Waals surface area contributed by atoms with Gasteiger partial charge in [-0.05, 0) is 25.7 Å². The summed E-state index contributed by atoms with van der Waals surface area (Å²) >= 11 is 0. The monoisotopic (exact) mass is 220 g/mol. The minimum Gasteiger partial charge on any atom is -0.370 e. The van der Waals surface area contributed by atoms with E-state index in [1.54, 1.807) is 6.33 Å². The molecule has 1 fully saturated rings. The number of hydrogen-bond acceptors (Lipinski definition) is 4. The van der Waals surface area contributed by atoms with Crippen molar-refractivity contribution in [1.82, 2.24) is 9.97 Å². The second kappa shape index (κ2) is 5.14. The first-order valence-corrected chi connectivity index (χ1v) is 6.06. The molecule has 0 unspecified atom stereocenters. The van der Waals surface area contributed by atoms with E-state index in [4.69, 9.17) is 0 Å². The minimum absolute atomic E-state index is 0.863. The third-order valence-corrected chi connectivity index (χ3v) is 3.16. The summed E-state index contributed by atoms with van der Waals surface area (Å²) in [5, 5.41) is 3.21. The summed E-state index contributed by atoms with van der Waals surface area (Å²) in [6, 6.07) is 2.02. The molecule has 1 aliphatic rings. The molecule has 1 N–H and O–H groups in total. The van der Waals surface area contributed by atoms with Gasteiger partial charge in [0.2, 0.25) is 0 Å². The van der Waals surface area contributed by atoms with Crippen LogP contribution in [0.2, 0.25) is 0 Å². The van der Waals surface area contributed by atoms with Crippen LogP contribution in [0.5, 0.6) is 0 Å². The first-order chi connectivity index (χ1) is 7.79. The van der Waals surface area contributed by atoms with Crippen LogP contribution >= 0.6 is 0 Å². The van der Waals surface area contributed by atoms with Crippen LogP contribution in [-0.4, -0.2) is 30.1 Å². The first-order valence-electron chi connectivity index (χ1n) is 6.06. The Kier molecular flexibility index (Phi) is 3.59. The molecule has 2 rings (SSSR count). The molecule has 0 aromatic carbocycles. The van der Waals surface area contributed by atoms with Crippen LogP contribution in [0.15, 0.2) is 12.4 Å². The van der Waals surface area contributed by atoms with Gasteiger partial charge in [-0.2, -0.15) is 0 Å². The summed E-state index contributed by atoms with van der Waals surface area (Å²) in [4.78, 5) is 10.7. The number of aromatic nitrogens is 2. The zero-order valence-electron chi connectivity index (χ0n) is 10.1. The highest BCUT2D eigenvalue weighted by Crippen LogP contribution is 2.28. The van der Waals surface area contributed by atoms with Gasteiger partial charge in [0, 0.05) is 26.2 Å². The lowest BCUT2D eigenvalue weighted by Crippen LogP contribution is -2.29. The van der Waals surface area contributed by atoms with Crippen molar-refractivity contribution in [2.45, 2.75) is 26.2 Å². The van der Waals surface area contributed by atoms with Gasteiger partial charge in [0.05, 0.1) is 0 Å². The van der Waals surface area contributed by atoms with Crippen LogP contribution in [0.25, 0.3) is 0 Å². The maximum atomic E-state index is 4.31. The molecule has 0 aliphatic heterocycles. The van der Waals surface area contributed by atoms with Crippen molar-refractivity contribution < 1.29 is 0 Å². The Bertz CT molecular complexity index is 336. The van der Waals surface area contributed by atoms with Crippen molar-refractivity contribution in [2.24, 2.45) is 5.92 Å². The Balaban J connectivity index is 1.97. The number of nitrogens with zero attached hydrogens (tertiary/aromatic N) is 3. The molecule has 1 saturated carbocycles. The van der Waals surface area contributed by atoms with Crippen molar-refractivity contribution >= 4 is 11.6 Å². The fraction of sp³-hybridized carbons (Fsp3) is 0.667. The molecule has 16 heavy (non-hydrogen) atoms. The number of rotatable bonds is 5. The van der Waals surface area contributed by atoms with Gasteiger partial charge in [-0.25, -0.2) is 9.97 Å². The topological polar surface area (TPSA) is 41.0 Å². The molecule has 0 radical (unpaired) electrons. The van der Waals surface area contributed by atoms with Crippen LogP contribution in [-0.2, 0) is 0 Å². The van der Waals surface area contributed by atoms with Crippen molar-refractivity contribution in [2.75, 3.05) is 30.4 Å². The predicted octanol–water partition coefficient (Wildman–Crippen LogP) is 2.14. The van der Waals surface area contributed by atoms with E-state index in [1.807, 2.05) is 6.07 Å². The Morgan fingerprint density at radius 1 is 1.44 bits per heavy atom. The van der Waals surface area contributed by atoms with Gasteiger partial charge in [-0.15, -0.1) is 0 Å². The zero-order valence-corrected chi connectivity index (χ0v) is 10.1. The van der Waals surface area contributed by atoms with Crippen molar-refractivity contribution in [1.29, 1.82) is 0 Å². The first kappa shape index (κ1) is 11.2. The average Bonchev–Trinajstić information content (AvgIpc) is 2.24. The molecule has 1 heterocycles. The quantitative estimate of drug-likeness (QED) is 0.825. The molecular formula is C12H20N4. The molecule has 1 aromatic heterocycles. The summed E-state index contributed by atoms with van der Waals surface area (Å²) in [7, 11) is 2.11. The van der Waals surface area contributed by atoms with E-state index in [0.29, 0.717) is 0 Å². The Morgan fingerprint density at radius 3 is 2.88 bits per heavy atom. The number of anilines is 2. The molecule has 0 atom stereocenters. The Hall–Kier alpha value is -1.32. The Morgan fingerprint density at radius 2 is 2.25 bits per heavy atom. The van der Waals surface area contributed by atoms with Gasteiger partial charge in [0.1, 0.15) is 18.0 Å².